The van der Waals surface area contributed by atoms with Crippen LogP contribution in [-0.2, 0) is 0 Å². The number of hydrogen-bond donors (Lipinski definition) is 2. The highest BCUT2D eigenvalue weighted by molar-refractivity contribution is 6.02. The topological polar surface area (TPSA) is 85.4 Å². The zero-order valence-corrected chi connectivity index (χ0v) is 13.3. The van der Waals surface area contributed by atoms with Crippen molar-refractivity contribution in [3.63, 3.8) is 0 Å². The van der Waals surface area contributed by atoms with Gasteiger partial charge in [-0.2, -0.15) is 5.10 Å². The summed E-state index contributed by atoms with van der Waals surface area (Å²) in [7, 11) is 0. The molecule has 6 heteroatoms. The van der Waals surface area contributed by atoms with Crippen LogP contribution in [-0.4, -0.2) is 24.7 Å². The zero-order valence-electron chi connectivity index (χ0n) is 13.3. The number of pyridine rings is 2. The van der Waals surface area contributed by atoms with Gasteiger partial charge in [0, 0.05) is 23.8 Å². The lowest BCUT2D eigenvalue weighted by Gasteiger charge is -2.06. The van der Waals surface area contributed by atoms with E-state index >= 15 is 0 Å². The van der Waals surface area contributed by atoms with E-state index in [2.05, 4.69) is 41.8 Å². The number of H-pyrrole nitrogens is 1. The normalized spacial score (nSPS) is 11.8. The van der Waals surface area contributed by atoms with E-state index in [-0.39, 0.29) is 6.04 Å². The fourth-order valence-corrected chi connectivity index (χ4v) is 3.07. The first-order chi connectivity index (χ1) is 11.1. The number of aromatic nitrogens is 5. The maximum absolute atomic E-state index is 6.16. The van der Waals surface area contributed by atoms with Crippen LogP contribution in [0.25, 0.3) is 33.3 Å². The van der Waals surface area contributed by atoms with E-state index in [0.29, 0.717) is 5.82 Å². The van der Waals surface area contributed by atoms with Gasteiger partial charge in [0.2, 0.25) is 0 Å². The van der Waals surface area contributed by atoms with E-state index < -0.39 is 0 Å². The quantitative estimate of drug-likeness (QED) is 0.594. The first-order valence-corrected chi connectivity index (χ1v) is 7.64. The number of aryl methyl sites for hydroxylation is 1. The van der Waals surface area contributed by atoms with Crippen molar-refractivity contribution in [1.29, 1.82) is 0 Å². The van der Waals surface area contributed by atoms with Gasteiger partial charge in [-0.25, -0.2) is 9.97 Å². The van der Waals surface area contributed by atoms with Crippen LogP contribution >= 0.6 is 0 Å². The van der Waals surface area contributed by atoms with Gasteiger partial charge in [0.25, 0.3) is 0 Å². The highest BCUT2D eigenvalue weighted by atomic mass is 15.3. The lowest BCUT2D eigenvalue weighted by molar-refractivity contribution is 0.552. The Morgan fingerprint density at radius 3 is 2.74 bits per heavy atom. The third-order valence-corrected chi connectivity index (χ3v) is 4.21. The number of nitrogens with one attached hydrogen (secondary N) is 1. The minimum atomic E-state index is 0.232. The van der Waals surface area contributed by atoms with Crippen LogP contribution in [0.5, 0.6) is 0 Å². The summed E-state index contributed by atoms with van der Waals surface area (Å²) in [6.45, 7) is 6.28. The Balaban J connectivity index is 2.10. The van der Waals surface area contributed by atoms with E-state index in [0.717, 1.165) is 38.9 Å². The fourth-order valence-electron chi connectivity index (χ4n) is 3.07. The second kappa shape index (κ2) is 4.81. The average Bonchev–Trinajstić information content (AvgIpc) is 3.07. The highest BCUT2D eigenvalue weighted by Crippen LogP contribution is 2.35. The first kappa shape index (κ1) is 13.8. The highest BCUT2D eigenvalue weighted by Gasteiger charge is 2.20. The number of aromatic amines is 1. The second-order valence-electron chi connectivity index (χ2n) is 6.00. The number of nitrogen functional groups attached to an aromatic ring is 1. The third kappa shape index (κ3) is 1.91. The number of anilines is 1. The second-order valence-corrected chi connectivity index (χ2v) is 6.00. The Morgan fingerprint density at radius 2 is 2.00 bits per heavy atom. The SMILES string of the molecule is Cc1c(-c2nn(C(C)C)c3ccnc(N)c23)[nH]c2ncccc12. The van der Waals surface area contributed by atoms with Crippen LogP contribution < -0.4 is 5.73 Å². The molecule has 23 heavy (non-hydrogen) atoms. The van der Waals surface area contributed by atoms with E-state index in [1.54, 1.807) is 12.4 Å². The van der Waals surface area contributed by atoms with Crippen molar-refractivity contribution < 1.29 is 0 Å². The van der Waals surface area contributed by atoms with Gasteiger partial charge < -0.3 is 10.7 Å². The average molecular weight is 306 g/mol. The molecule has 0 atom stereocenters. The van der Waals surface area contributed by atoms with Gasteiger partial charge in [-0.05, 0) is 44.5 Å². The smallest absolute Gasteiger partial charge is 0.138 e. The summed E-state index contributed by atoms with van der Waals surface area (Å²) in [6.07, 6.45) is 3.50. The van der Waals surface area contributed by atoms with Crippen molar-refractivity contribution in [2.75, 3.05) is 5.73 Å². The Bertz CT molecular complexity index is 1020. The summed E-state index contributed by atoms with van der Waals surface area (Å²) in [5.74, 6) is 0.496. The Hall–Kier alpha value is -2.89. The molecule has 0 bridgehead atoms. The molecule has 0 radical (unpaired) electrons. The first-order valence-electron chi connectivity index (χ1n) is 7.64. The van der Waals surface area contributed by atoms with Crippen LogP contribution in [0.4, 0.5) is 5.82 Å². The van der Waals surface area contributed by atoms with Gasteiger partial charge >= 0.3 is 0 Å². The molecular formula is C17H18N6. The molecule has 0 spiro atoms. The lowest BCUT2D eigenvalue weighted by Crippen LogP contribution is -2.02. The van der Waals surface area contributed by atoms with Gasteiger partial charge in [0.15, 0.2) is 0 Å². The van der Waals surface area contributed by atoms with Crippen LogP contribution in [0.1, 0.15) is 25.5 Å². The van der Waals surface area contributed by atoms with Crippen molar-refractivity contribution in [1.82, 2.24) is 24.7 Å². The number of nitrogens with zero attached hydrogens (tertiary/aromatic N) is 4. The minimum absolute atomic E-state index is 0.232. The van der Waals surface area contributed by atoms with Crippen molar-refractivity contribution in [2.24, 2.45) is 0 Å². The minimum Gasteiger partial charge on any atom is -0.383 e. The molecule has 0 fully saturated rings. The number of nitrogens with two attached hydrogens (primary N) is 1. The molecule has 0 aliphatic carbocycles. The van der Waals surface area contributed by atoms with Crippen molar-refractivity contribution in [2.45, 2.75) is 26.8 Å². The number of rotatable bonds is 2. The van der Waals surface area contributed by atoms with Crippen molar-refractivity contribution in [3.05, 3.63) is 36.2 Å². The molecule has 4 heterocycles. The maximum atomic E-state index is 6.16. The van der Waals surface area contributed by atoms with E-state index in [1.165, 1.54) is 0 Å². The lowest BCUT2D eigenvalue weighted by atomic mass is 10.1. The monoisotopic (exact) mass is 306 g/mol. The molecule has 3 N–H and O–H groups in total. The molecular weight excluding hydrogens is 288 g/mol. The predicted molar refractivity (Wildman–Crippen MR) is 92.2 cm³/mol. The molecule has 0 unspecified atom stereocenters. The van der Waals surface area contributed by atoms with Gasteiger partial charge in [-0.3, -0.25) is 4.68 Å². The molecule has 6 nitrogen and oxygen atoms in total. The summed E-state index contributed by atoms with van der Waals surface area (Å²) < 4.78 is 1.99. The molecule has 0 amide bonds. The van der Waals surface area contributed by atoms with Crippen LogP contribution in [0.15, 0.2) is 30.6 Å². The van der Waals surface area contributed by atoms with Crippen molar-refractivity contribution >= 4 is 27.8 Å². The zero-order chi connectivity index (χ0) is 16.1. The van der Waals surface area contributed by atoms with E-state index in [1.807, 2.05) is 16.8 Å². The van der Waals surface area contributed by atoms with Gasteiger partial charge in [0.05, 0.1) is 16.6 Å². The molecule has 116 valence electrons. The molecule has 0 saturated carbocycles. The molecule has 4 aromatic rings. The third-order valence-electron chi connectivity index (χ3n) is 4.21. The number of hydrogen-bond acceptors (Lipinski definition) is 4. The molecule has 4 rings (SSSR count). The molecule has 0 aliphatic rings. The van der Waals surface area contributed by atoms with Crippen molar-refractivity contribution in [3.8, 4) is 11.4 Å². The Labute approximate surface area is 133 Å². The fraction of sp³-hybridized carbons (Fsp3) is 0.235. The summed E-state index contributed by atoms with van der Waals surface area (Å²) in [5.41, 5.74) is 10.9. The number of fused-ring (bicyclic) bond motifs is 2. The largest absolute Gasteiger partial charge is 0.383 e. The molecule has 0 aromatic carbocycles. The molecule has 4 aromatic heterocycles. The van der Waals surface area contributed by atoms with Gasteiger partial charge in [0.1, 0.15) is 17.2 Å². The van der Waals surface area contributed by atoms with E-state index in [4.69, 9.17) is 10.8 Å². The predicted octanol–water partition coefficient (Wildman–Crippen LogP) is 3.45. The summed E-state index contributed by atoms with van der Waals surface area (Å²) >= 11 is 0. The van der Waals surface area contributed by atoms with Crippen LogP contribution in [0, 0.1) is 6.92 Å². The van der Waals surface area contributed by atoms with Gasteiger partial charge in [-0.15, -0.1) is 0 Å². The van der Waals surface area contributed by atoms with Crippen LogP contribution in [0.2, 0.25) is 0 Å². The molecule has 0 aliphatic heterocycles. The van der Waals surface area contributed by atoms with Gasteiger partial charge in [-0.1, -0.05) is 0 Å². The standard InChI is InChI=1S/C17H18N6/c1-9(2)23-12-6-8-19-16(18)13(12)15(22-23)14-10(3)11-5-4-7-20-17(11)21-14/h4-9H,1-3H3,(H2,18,19)(H,20,21). The summed E-state index contributed by atoms with van der Waals surface area (Å²) in [4.78, 5) is 12.0. The maximum Gasteiger partial charge on any atom is 0.138 e. The summed E-state index contributed by atoms with van der Waals surface area (Å²) in [6, 6.07) is 6.18. The summed E-state index contributed by atoms with van der Waals surface area (Å²) in [5, 5.41) is 6.79. The Kier molecular flexibility index (Phi) is 2.87. The van der Waals surface area contributed by atoms with E-state index in [9.17, 15) is 0 Å². The Morgan fingerprint density at radius 1 is 1.17 bits per heavy atom. The van der Waals surface area contributed by atoms with Crippen LogP contribution in [0.3, 0.4) is 0 Å². The molecule has 0 saturated heterocycles.